The first-order valence-electron chi connectivity index (χ1n) is 3.39. The van der Waals surface area contributed by atoms with E-state index >= 15 is 0 Å². The molecule has 56 valence electrons. The van der Waals surface area contributed by atoms with Crippen LogP contribution < -0.4 is 5.73 Å². The SMILES string of the molecule is Cc1ncn(CCCN)n1. The van der Waals surface area contributed by atoms with Crippen LogP contribution in [-0.2, 0) is 6.54 Å². The molecular weight excluding hydrogens is 128 g/mol. The Labute approximate surface area is 60.1 Å². The molecule has 0 saturated carbocycles. The lowest BCUT2D eigenvalue weighted by Crippen LogP contribution is -2.06. The van der Waals surface area contributed by atoms with E-state index in [0.29, 0.717) is 6.54 Å². The largest absolute Gasteiger partial charge is 0.330 e. The van der Waals surface area contributed by atoms with Crippen LogP contribution in [0.1, 0.15) is 12.2 Å². The van der Waals surface area contributed by atoms with Gasteiger partial charge in [-0.2, -0.15) is 5.10 Å². The first-order valence-corrected chi connectivity index (χ1v) is 3.39. The van der Waals surface area contributed by atoms with Gasteiger partial charge < -0.3 is 5.73 Å². The molecule has 0 amide bonds. The zero-order chi connectivity index (χ0) is 7.40. The van der Waals surface area contributed by atoms with Crippen LogP contribution in [0.25, 0.3) is 0 Å². The number of nitrogens with two attached hydrogens (primary N) is 1. The molecule has 0 radical (unpaired) electrons. The van der Waals surface area contributed by atoms with Crippen molar-refractivity contribution in [3.05, 3.63) is 12.2 Å². The molecule has 1 aromatic heterocycles. The third-order valence-electron chi connectivity index (χ3n) is 1.24. The molecule has 0 aromatic carbocycles. The highest BCUT2D eigenvalue weighted by Gasteiger charge is 1.92. The third-order valence-corrected chi connectivity index (χ3v) is 1.24. The molecule has 0 bridgehead atoms. The Morgan fingerprint density at radius 1 is 1.70 bits per heavy atom. The molecule has 0 atom stereocenters. The Kier molecular flexibility index (Phi) is 2.39. The molecule has 10 heavy (non-hydrogen) atoms. The van der Waals surface area contributed by atoms with E-state index in [4.69, 9.17) is 5.73 Å². The van der Waals surface area contributed by atoms with Gasteiger partial charge in [0.25, 0.3) is 0 Å². The fourth-order valence-corrected chi connectivity index (χ4v) is 0.749. The lowest BCUT2D eigenvalue weighted by Gasteiger charge is -1.95. The summed E-state index contributed by atoms with van der Waals surface area (Å²) < 4.78 is 1.81. The van der Waals surface area contributed by atoms with E-state index < -0.39 is 0 Å². The van der Waals surface area contributed by atoms with Gasteiger partial charge in [-0.3, -0.25) is 4.68 Å². The van der Waals surface area contributed by atoms with Crippen molar-refractivity contribution in [2.75, 3.05) is 6.54 Å². The Balaban J connectivity index is 2.42. The van der Waals surface area contributed by atoms with Crippen molar-refractivity contribution in [2.24, 2.45) is 5.73 Å². The molecule has 0 aliphatic rings. The van der Waals surface area contributed by atoms with E-state index in [9.17, 15) is 0 Å². The van der Waals surface area contributed by atoms with Gasteiger partial charge in [-0.15, -0.1) is 0 Å². The predicted octanol–water partition coefficient (Wildman–Crippen LogP) is -0.0647. The van der Waals surface area contributed by atoms with Gasteiger partial charge in [-0.1, -0.05) is 0 Å². The maximum atomic E-state index is 5.32. The van der Waals surface area contributed by atoms with E-state index in [1.807, 2.05) is 11.6 Å². The highest BCUT2D eigenvalue weighted by Crippen LogP contribution is 1.88. The van der Waals surface area contributed by atoms with Crippen LogP contribution in [0.2, 0.25) is 0 Å². The second-order valence-corrected chi connectivity index (χ2v) is 2.20. The summed E-state index contributed by atoms with van der Waals surface area (Å²) in [5.74, 6) is 0.817. The van der Waals surface area contributed by atoms with Crippen LogP contribution in [0.15, 0.2) is 6.33 Å². The number of aromatic nitrogens is 3. The summed E-state index contributed by atoms with van der Waals surface area (Å²) in [5, 5.41) is 4.10. The molecule has 0 saturated heterocycles. The number of rotatable bonds is 3. The maximum absolute atomic E-state index is 5.32. The van der Waals surface area contributed by atoms with Gasteiger partial charge in [-0.25, -0.2) is 4.98 Å². The predicted molar refractivity (Wildman–Crippen MR) is 38.4 cm³/mol. The molecule has 0 aliphatic carbocycles. The summed E-state index contributed by atoms with van der Waals surface area (Å²) in [4.78, 5) is 3.98. The highest BCUT2D eigenvalue weighted by molar-refractivity contribution is 4.74. The molecule has 0 fully saturated rings. The number of hydrogen-bond acceptors (Lipinski definition) is 3. The second kappa shape index (κ2) is 3.31. The summed E-state index contributed by atoms with van der Waals surface area (Å²) in [6, 6.07) is 0. The van der Waals surface area contributed by atoms with E-state index in [1.165, 1.54) is 0 Å². The van der Waals surface area contributed by atoms with Crippen LogP contribution >= 0.6 is 0 Å². The average Bonchev–Trinajstić information content (AvgIpc) is 2.31. The zero-order valence-electron chi connectivity index (χ0n) is 6.12. The van der Waals surface area contributed by atoms with Crippen molar-refractivity contribution in [2.45, 2.75) is 19.9 Å². The average molecular weight is 140 g/mol. The molecule has 0 aliphatic heterocycles. The topological polar surface area (TPSA) is 56.7 Å². The van der Waals surface area contributed by atoms with E-state index in [-0.39, 0.29) is 0 Å². The third kappa shape index (κ3) is 1.80. The van der Waals surface area contributed by atoms with E-state index in [0.717, 1.165) is 18.8 Å². The summed E-state index contributed by atoms with van der Waals surface area (Å²) in [5.41, 5.74) is 5.32. The first kappa shape index (κ1) is 7.21. The molecule has 4 nitrogen and oxygen atoms in total. The van der Waals surface area contributed by atoms with E-state index in [2.05, 4.69) is 10.1 Å². The number of hydrogen-bond donors (Lipinski definition) is 1. The Morgan fingerprint density at radius 3 is 3.00 bits per heavy atom. The molecule has 2 N–H and O–H groups in total. The van der Waals surface area contributed by atoms with Gasteiger partial charge in [0, 0.05) is 6.54 Å². The number of aryl methyl sites for hydroxylation is 2. The Hall–Kier alpha value is -0.900. The standard InChI is InChI=1S/C6H12N4/c1-6-8-5-10(9-6)4-2-3-7/h5H,2-4,7H2,1H3. The Bertz CT molecular complexity index is 193. The van der Waals surface area contributed by atoms with Crippen LogP contribution in [-0.4, -0.2) is 21.3 Å². The molecule has 1 aromatic rings. The van der Waals surface area contributed by atoms with E-state index in [1.54, 1.807) is 6.33 Å². The summed E-state index contributed by atoms with van der Waals surface area (Å²) in [6.07, 6.45) is 2.69. The minimum absolute atomic E-state index is 0.707. The minimum atomic E-state index is 0.707. The quantitative estimate of drug-likeness (QED) is 0.639. The van der Waals surface area contributed by atoms with Gasteiger partial charge in [0.05, 0.1) is 0 Å². The first-order chi connectivity index (χ1) is 4.83. The van der Waals surface area contributed by atoms with Gasteiger partial charge in [0.2, 0.25) is 0 Å². The van der Waals surface area contributed by atoms with Crippen molar-refractivity contribution < 1.29 is 0 Å². The van der Waals surface area contributed by atoms with Crippen LogP contribution in [0.3, 0.4) is 0 Å². The Morgan fingerprint density at radius 2 is 2.50 bits per heavy atom. The van der Waals surface area contributed by atoms with Crippen molar-refractivity contribution in [1.29, 1.82) is 0 Å². The van der Waals surface area contributed by atoms with Gasteiger partial charge in [0.1, 0.15) is 12.2 Å². The summed E-state index contributed by atoms with van der Waals surface area (Å²) >= 11 is 0. The molecule has 1 rings (SSSR count). The van der Waals surface area contributed by atoms with Crippen LogP contribution in [0, 0.1) is 6.92 Å². The summed E-state index contributed by atoms with van der Waals surface area (Å²) in [6.45, 7) is 3.45. The monoisotopic (exact) mass is 140 g/mol. The molecule has 0 spiro atoms. The van der Waals surface area contributed by atoms with Crippen molar-refractivity contribution >= 4 is 0 Å². The zero-order valence-corrected chi connectivity index (χ0v) is 6.12. The van der Waals surface area contributed by atoms with Gasteiger partial charge in [-0.05, 0) is 19.9 Å². The smallest absolute Gasteiger partial charge is 0.147 e. The maximum Gasteiger partial charge on any atom is 0.147 e. The molecular formula is C6H12N4. The fraction of sp³-hybridized carbons (Fsp3) is 0.667. The lowest BCUT2D eigenvalue weighted by atomic mass is 10.4. The lowest BCUT2D eigenvalue weighted by molar-refractivity contribution is 0.580. The van der Waals surface area contributed by atoms with Gasteiger partial charge >= 0.3 is 0 Å². The van der Waals surface area contributed by atoms with Crippen LogP contribution in [0.5, 0.6) is 0 Å². The minimum Gasteiger partial charge on any atom is -0.330 e. The fourth-order valence-electron chi connectivity index (χ4n) is 0.749. The highest BCUT2D eigenvalue weighted by atomic mass is 15.3. The second-order valence-electron chi connectivity index (χ2n) is 2.20. The summed E-state index contributed by atoms with van der Waals surface area (Å²) in [7, 11) is 0. The normalized spacial score (nSPS) is 10.2. The van der Waals surface area contributed by atoms with Crippen molar-refractivity contribution in [1.82, 2.24) is 14.8 Å². The number of nitrogens with zero attached hydrogens (tertiary/aromatic N) is 3. The molecule has 4 heteroatoms. The van der Waals surface area contributed by atoms with Crippen molar-refractivity contribution in [3.8, 4) is 0 Å². The van der Waals surface area contributed by atoms with Crippen LogP contribution in [0.4, 0.5) is 0 Å². The van der Waals surface area contributed by atoms with Gasteiger partial charge in [0.15, 0.2) is 0 Å². The van der Waals surface area contributed by atoms with Crippen molar-refractivity contribution in [3.63, 3.8) is 0 Å². The molecule has 0 unspecified atom stereocenters. The molecule has 1 heterocycles.